The fourth-order valence-corrected chi connectivity index (χ4v) is 7.02. The van der Waals surface area contributed by atoms with Crippen LogP contribution in [0, 0.1) is 0 Å². The maximum atomic E-state index is 2.78. The second-order valence-electron chi connectivity index (χ2n) is 9.34. The molecule has 3 aromatic rings. The number of anilines is 1. The second kappa shape index (κ2) is 5.98. The van der Waals surface area contributed by atoms with Crippen molar-refractivity contribution < 1.29 is 0 Å². The number of piperidine rings is 2. The zero-order valence-electron chi connectivity index (χ0n) is 16.3. The monoisotopic (exact) mass is 365 g/mol. The quantitative estimate of drug-likeness (QED) is 0.542. The predicted molar refractivity (Wildman–Crippen MR) is 116 cm³/mol. The molecule has 2 saturated heterocycles. The van der Waals surface area contributed by atoms with Crippen molar-refractivity contribution >= 4 is 5.69 Å². The van der Waals surface area contributed by atoms with Crippen molar-refractivity contribution in [2.75, 3.05) is 4.90 Å². The Balaban J connectivity index is 1.48. The first-order valence-corrected chi connectivity index (χ1v) is 10.7. The molecule has 4 aliphatic rings. The minimum absolute atomic E-state index is 0.328. The third-order valence-corrected chi connectivity index (χ3v) is 7.80. The van der Waals surface area contributed by atoms with E-state index in [9.17, 15) is 0 Å². The lowest BCUT2D eigenvalue weighted by Crippen LogP contribution is -2.68. The van der Waals surface area contributed by atoms with Gasteiger partial charge in [-0.15, -0.1) is 0 Å². The number of rotatable bonds is 3. The lowest BCUT2D eigenvalue weighted by molar-refractivity contribution is 0.0329. The fourth-order valence-electron chi connectivity index (χ4n) is 7.02. The average molecular weight is 366 g/mol. The molecule has 3 aromatic carbocycles. The Morgan fingerprint density at radius 2 is 0.929 bits per heavy atom. The second-order valence-corrected chi connectivity index (χ2v) is 9.34. The zero-order chi connectivity index (χ0) is 18.6. The van der Waals surface area contributed by atoms with Crippen molar-refractivity contribution in [3.05, 3.63) is 102 Å². The number of benzene rings is 3. The van der Waals surface area contributed by atoms with E-state index in [1.165, 1.54) is 37.8 Å². The molecular formula is C27H27N. The average Bonchev–Trinajstić information content (AvgIpc) is 2.75. The fraction of sp³-hybridized carbons (Fsp3) is 0.333. The lowest BCUT2D eigenvalue weighted by Gasteiger charge is -2.67. The first kappa shape index (κ1) is 16.4. The maximum absolute atomic E-state index is 2.78. The summed E-state index contributed by atoms with van der Waals surface area (Å²) in [5.41, 5.74) is 5.21. The van der Waals surface area contributed by atoms with Crippen LogP contribution in [-0.4, -0.2) is 12.1 Å². The lowest BCUT2D eigenvalue weighted by atomic mass is 9.46. The summed E-state index contributed by atoms with van der Waals surface area (Å²) in [7, 11) is 0. The summed E-state index contributed by atoms with van der Waals surface area (Å²) >= 11 is 0. The van der Waals surface area contributed by atoms with Crippen molar-refractivity contribution in [2.24, 2.45) is 0 Å². The van der Waals surface area contributed by atoms with Crippen molar-refractivity contribution in [3.8, 4) is 0 Å². The van der Waals surface area contributed by atoms with Crippen LogP contribution in [0.5, 0.6) is 0 Å². The van der Waals surface area contributed by atoms with Gasteiger partial charge in [-0.1, -0.05) is 78.9 Å². The molecule has 0 atom stereocenters. The molecule has 28 heavy (non-hydrogen) atoms. The van der Waals surface area contributed by atoms with Crippen LogP contribution < -0.4 is 4.90 Å². The molecule has 1 nitrogen and oxygen atoms in total. The van der Waals surface area contributed by atoms with Gasteiger partial charge in [-0.3, -0.25) is 0 Å². The highest BCUT2D eigenvalue weighted by Crippen LogP contribution is 2.63. The van der Waals surface area contributed by atoms with E-state index in [2.05, 4.69) is 95.9 Å². The van der Waals surface area contributed by atoms with E-state index in [1.54, 1.807) is 11.1 Å². The topological polar surface area (TPSA) is 3.24 Å². The largest absolute Gasteiger partial charge is 0.365 e. The number of nitrogens with zero attached hydrogens (tertiary/aromatic N) is 1. The molecule has 4 bridgehead atoms. The highest BCUT2D eigenvalue weighted by atomic mass is 15.2. The van der Waals surface area contributed by atoms with Crippen LogP contribution in [0.4, 0.5) is 5.69 Å². The molecule has 1 heteroatoms. The molecule has 0 unspecified atom stereocenters. The van der Waals surface area contributed by atoms with Gasteiger partial charge >= 0.3 is 0 Å². The van der Waals surface area contributed by atoms with Gasteiger partial charge in [-0.2, -0.15) is 0 Å². The van der Waals surface area contributed by atoms with Gasteiger partial charge in [-0.05, 0) is 55.4 Å². The molecule has 0 spiro atoms. The van der Waals surface area contributed by atoms with Gasteiger partial charge in [0.15, 0.2) is 0 Å². The Kier molecular flexibility index (Phi) is 3.50. The van der Waals surface area contributed by atoms with Crippen LogP contribution in [0.3, 0.4) is 0 Å². The molecule has 0 N–H and O–H groups in total. The number of hydrogen-bond acceptors (Lipinski definition) is 1. The molecule has 2 saturated carbocycles. The molecular weight excluding hydrogens is 338 g/mol. The van der Waals surface area contributed by atoms with Gasteiger partial charge in [-0.25, -0.2) is 0 Å². The van der Waals surface area contributed by atoms with Crippen LogP contribution in [0.2, 0.25) is 0 Å². The summed E-state index contributed by atoms with van der Waals surface area (Å²) in [6.07, 6.45) is 6.46. The van der Waals surface area contributed by atoms with Gasteiger partial charge in [0.2, 0.25) is 0 Å². The van der Waals surface area contributed by atoms with Crippen LogP contribution in [0.15, 0.2) is 91.0 Å². The van der Waals surface area contributed by atoms with E-state index < -0.39 is 0 Å². The van der Waals surface area contributed by atoms with E-state index in [4.69, 9.17) is 0 Å². The van der Waals surface area contributed by atoms with Crippen LogP contribution >= 0.6 is 0 Å². The Hall–Kier alpha value is -2.54. The van der Waals surface area contributed by atoms with E-state index in [0.29, 0.717) is 22.9 Å². The van der Waals surface area contributed by atoms with Gasteiger partial charge in [0.05, 0.1) is 0 Å². The predicted octanol–water partition coefficient (Wildman–Crippen LogP) is 6.10. The molecule has 2 heterocycles. The highest BCUT2D eigenvalue weighted by molar-refractivity contribution is 5.54. The molecule has 2 aliphatic heterocycles. The molecule has 140 valence electrons. The minimum Gasteiger partial charge on any atom is -0.365 e. The SMILES string of the molecule is c1ccc(N2C3CC4(c5ccccc5)CC2CC(c2ccccc2)(C3)C4)cc1. The van der Waals surface area contributed by atoms with Crippen LogP contribution in [-0.2, 0) is 10.8 Å². The van der Waals surface area contributed by atoms with Crippen molar-refractivity contribution in [3.63, 3.8) is 0 Å². The molecule has 0 aromatic heterocycles. The van der Waals surface area contributed by atoms with Crippen molar-refractivity contribution in [1.29, 1.82) is 0 Å². The zero-order valence-corrected chi connectivity index (χ0v) is 16.3. The van der Waals surface area contributed by atoms with Crippen LogP contribution in [0.25, 0.3) is 0 Å². The molecule has 7 rings (SSSR count). The highest BCUT2D eigenvalue weighted by Gasteiger charge is 2.61. The number of hydrogen-bond donors (Lipinski definition) is 0. The molecule has 4 fully saturated rings. The minimum atomic E-state index is 0.328. The van der Waals surface area contributed by atoms with E-state index in [0.717, 1.165) is 0 Å². The number of para-hydroxylation sites is 1. The maximum Gasteiger partial charge on any atom is 0.0371 e. The smallest absolute Gasteiger partial charge is 0.0371 e. The van der Waals surface area contributed by atoms with Gasteiger partial charge < -0.3 is 4.90 Å². The Bertz CT molecular complexity index is 889. The third kappa shape index (κ3) is 2.32. The molecule has 0 amide bonds. The molecule has 2 aliphatic carbocycles. The van der Waals surface area contributed by atoms with E-state index in [1.807, 2.05) is 0 Å². The summed E-state index contributed by atoms with van der Waals surface area (Å²) in [5, 5.41) is 0. The summed E-state index contributed by atoms with van der Waals surface area (Å²) < 4.78 is 0. The van der Waals surface area contributed by atoms with Crippen LogP contribution in [0.1, 0.15) is 43.2 Å². The summed E-state index contributed by atoms with van der Waals surface area (Å²) in [4.78, 5) is 2.78. The van der Waals surface area contributed by atoms with E-state index >= 15 is 0 Å². The van der Waals surface area contributed by atoms with Crippen molar-refractivity contribution in [1.82, 2.24) is 0 Å². The Morgan fingerprint density at radius 3 is 1.36 bits per heavy atom. The normalized spacial score (nSPS) is 33.2. The van der Waals surface area contributed by atoms with Gasteiger partial charge in [0, 0.05) is 28.6 Å². The molecule has 0 radical (unpaired) electrons. The third-order valence-electron chi connectivity index (χ3n) is 7.80. The van der Waals surface area contributed by atoms with Crippen molar-refractivity contribution in [2.45, 2.75) is 55.0 Å². The summed E-state index contributed by atoms with van der Waals surface area (Å²) in [5.74, 6) is 0. The first-order chi connectivity index (χ1) is 13.8. The summed E-state index contributed by atoms with van der Waals surface area (Å²) in [6.45, 7) is 0. The van der Waals surface area contributed by atoms with Gasteiger partial charge in [0.25, 0.3) is 0 Å². The van der Waals surface area contributed by atoms with Gasteiger partial charge in [0.1, 0.15) is 0 Å². The standard InChI is InChI=1S/C27H27N/c1-4-10-21(11-5-1)26-16-24-18-27(20-26,22-12-6-2-7-13-22)19-25(17-26)28(24)23-14-8-3-9-15-23/h1-15,24-25H,16-20H2. The first-order valence-electron chi connectivity index (χ1n) is 10.7. The summed E-state index contributed by atoms with van der Waals surface area (Å²) in [6, 6.07) is 35.2. The van der Waals surface area contributed by atoms with E-state index in [-0.39, 0.29) is 0 Å². The Labute approximate surface area is 168 Å². The Morgan fingerprint density at radius 1 is 0.536 bits per heavy atom.